The van der Waals surface area contributed by atoms with Gasteiger partial charge in [0.1, 0.15) is 12.4 Å². The largest absolute Gasteiger partial charge is 0.384 e. The van der Waals surface area contributed by atoms with Gasteiger partial charge in [0.2, 0.25) is 0 Å². The highest BCUT2D eigenvalue weighted by molar-refractivity contribution is 7.92. The SMILES string of the molecule is O=S(=O)(Nc1ccccc1C#CCO)c1cccc(F)c1. The van der Waals surface area contributed by atoms with Crippen molar-refractivity contribution in [2.45, 2.75) is 4.90 Å². The first kappa shape index (κ1) is 15.0. The minimum atomic E-state index is -3.90. The van der Waals surface area contributed by atoms with Crippen LogP contribution in [0.1, 0.15) is 5.56 Å². The molecule has 21 heavy (non-hydrogen) atoms. The summed E-state index contributed by atoms with van der Waals surface area (Å²) in [6.07, 6.45) is 0. The molecule has 2 aromatic carbocycles. The van der Waals surface area contributed by atoms with Crippen LogP contribution in [0.25, 0.3) is 0 Å². The van der Waals surface area contributed by atoms with Crippen LogP contribution in [0.15, 0.2) is 53.4 Å². The Morgan fingerprint density at radius 1 is 1.14 bits per heavy atom. The molecule has 6 heteroatoms. The minimum Gasteiger partial charge on any atom is -0.384 e. The number of sulfonamides is 1. The first-order chi connectivity index (χ1) is 10.0. The van der Waals surface area contributed by atoms with Gasteiger partial charge in [-0.3, -0.25) is 4.72 Å². The van der Waals surface area contributed by atoms with Crippen LogP contribution in [-0.2, 0) is 10.0 Å². The highest BCUT2D eigenvalue weighted by Crippen LogP contribution is 2.19. The molecule has 0 aliphatic heterocycles. The third-order valence-corrected chi connectivity index (χ3v) is 3.94. The van der Waals surface area contributed by atoms with Crippen molar-refractivity contribution in [1.29, 1.82) is 0 Å². The van der Waals surface area contributed by atoms with Crippen molar-refractivity contribution in [3.05, 3.63) is 59.9 Å². The molecule has 0 spiro atoms. The average Bonchev–Trinajstić information content (AvgIpc) is 2.46. The third-order valence-electron chi connectivity index (χ3n) is 2.58. The van der Waals surface area contributed by atoms with E-state index in [4.69, 9.17) is 5.11 Å². The normalized spacial score (nSPS) is 10.6. The Hall–Kier alpha value is -2.36. The quantitative estimate of drug-likeness (QED) is 0.852. The molecule has 2 aromatic rings. The maximum absolute atomic E-state index is 13.1. The molecule has 0 saturated carbocycles. The maximum Gasteiger partial charge on any atom is 0.262 e. The Labute approximate surface area is 122 Å². The van der Waals surface area contributed by atoms with E-state index in [0.717, 1.165) is 6.07 Å². The average molecular weight is 305 g/mol. The Kier molecular flexibility index (Phi) is 4.58. The van der Waals surface area contributed by atoms with E-state index >= 15 is 0 Å². The van der Waals surface area contributed by atoms with Gasteiger partial charge in [-0.25, -0.2) is 12.8 Å². The smallest absolute Gasteiger partial charge is 0.262 e. The monoisotopic (exact) mass is 305 g/mol. The van der Waals surface area contributed by atoms with Crippen LogP contribution < -0.4 is 4.72 Å². The van der Waals surface area contributed by atoms with Crippen molar-refractivity contribution in [3.63, 3.8) is 0 Å². The fourth-order valence-electron chi connectivity index (χ4n) is 1.65. The van der Waals surface area contributed by atoms with Crippen LogP contribution in [-0.4, -0.2) is 20.1 Å². The van der Waals surface area contributed by atoms with E-state index in [0.29, 0.717) is 5.56 Å². The third kappa shape index (κ3) is 3.81. The summed E-state index contributed by atoms with van der Waals surface area (Å²) in [6.45, 7) is -0.328. The van der Waals surface area contributed by atoms with Gasteiger partial charge in [0, 0.05) is 5.56 Å². The predicted molar refractivity (Wildman–Crippen MR) is 77.6 cm³/mol. The van der Waals surface area contributed by atoms with Crippen LogP contribution in [0.2, 0.25) is 0 Å². The molecule has 108 valence electrons. The molecule has 2 N–H and O–H groups in total. The van der Waals surface area contributed by atoms with Crippen LogP contribution in [0, 0.1) is 17.7 Å². The Morgan fingerprint density at radius 3 is 2.62 bits per heavy atom. The zero-order valence-electron chi connectivity index (χ0n) is 10.9. The summed E-state index contributed by atoms with van der Waals surface area (Å²) in [5.74, 6) is 4.46. The molecule has 0 radical (unpaired) electrons. The number of nitrogens with one attached hydrogen (secondary N) is 1. The lowest BCUT2D eigenvalue weighted by Crippen LogP contribution is -2.14. The number of halogens is 1. The number of rotatable bonds is 3. The van der Waals surface area contributed by atoms with Crippen molar-refractivity contribution < 1.29 is 17.9 Å². The lowest BCUT2D eigenvalue weighted by Gasteiger charge is -2.09. The van der Waals surface area contributed by atoms with Crippen LogP contribution in [0.4, 0.5) is 10.1 Å². The molecule has 0 bridgehead atoms. The zero-order chi connectivity index (χ0) is 15.3. The number of para-hydroxylation sites is 1. The lowest BCUT2D eigenvalue weighted by molar-refractivity contribution is 0.350. The number of benzene rings is 2. The van der Waals surface area contributed by atoms with Crippen LogP contribution in [0.3, 0.4) is 0 Å². The molecule has 0 fully saturated rings. The van der Waals surface area contributed by atoms with Gasteiger partial charge >= 0.3 is 0 Å². The van der Waals surface area contributed by atoms with E-state index in [1.54, 1.807) is 18.2 Å². The molecule has 0 saturated heterocycles. The van der Waals surface area contributed by atoms with Crippen molar-refractivity contribution in [2.24, 2.45) is 0 Å². The number of aliphatic hydroxyl groups excluding tert-OH is 1. The summed E-state index contributed by atoms with van der Waals surface area (Å²) in [5, 5.41) is 8.71. The molecule has 4 nitrogen and oxygen atoms in total. The van der Waals surface area contributed by atoms with Gasteiger partial charge in [0.25, 0.3) is 10.0 Å². The van der Waals surface area contributed by atoms with E-state index < -0.39 is 15.8 Å². The molecule has 0 heterocycles. The highest BCUT2D eigenvalue weighted by atomic mass is 32.2. The van der Waals surface area contributed by atoms with Gasteiger partial charge in [-0.15, -0.1) is 0 Å². The first-order valence-corrected chi connectivity index (χ1v) is 7.48. The lowest BCUT2D eigenvalue weighted by atomic mass is 10.2. The second-order valence-electron chi connectivity index (χ2n) is 4.07. The van der Waals surface area contributed by atoms with Crippen LogP contribution >= 0.6 is 0 Å². The molecule has 0 aromatic heterocycles. The maximum atomic E-state index is 13.1. The van der Waals surface area contributed by atoms with Gasteiger partial charge in [0.15, 0.2) is 0 Å². The zero-order valence-corrected chi connectivity index (χ0v) is 11.7. The summed E-state index contributed by atoms with van der Waals surface area (Å²) in [7, 11) is -3.90. The van der Waals surface area contributed by atoms with Crippen molar-refractivity contribution >= 4 is 15.7 Å². The summed E-state index contributed by atoms with van der Waals surface area (Å²) >= 11 is 0. The molecule has 0 aliphatic rings. The van der Waals surface area contributed by atoms with E-state index in [-0.39, 0.29) is 17.2 Å². The van der Waals surface area contributed by atoms with Crippen molar-refractivity contribution in [1.82, 2.24) is 0 Å². The molecular formula is C15H12FNO3S. The molecule has 0 atom stereocenters. The molecule has 0 aliphatic carbocycles. The number of hydrogen-bond donors (Lipinski definition) is 2. The van der Waals surface area contributed by atoms with Gasteiger partial charge in [0.05, 0.1) is 10.6 Å². The Bertz CT molecular complexity index is 807. The summed E-state index contributed by atoms with van der Waals surface area (Å²) in [5.41, 5.74) is 0.689. The number of aliphatic hydroxyl groups is 1. The fraction of sp³-hybridized carbons (Fsp3) is 0.0667. The topological polar surface area (TPSA) is 66.4 Å². The van der Waals surface area contributed by atoms with E-state index in [9.17, 15) is 12.8 Å². The Balaban J connectivity index is 2.38. The summed E-state index contributed by atoms with van der Waals surface area (Å²) in [6, 6.07) is 11.2. The van der Waals surface area contributed by atoms with Gasteiger partial charge in [-0.1, -0.05) is 30.0 Å². The minimum absolute atomic E-state index is 0.174. The standard InChI is InChI=1S/C15H12FNO3S/c16-13-7-3-8-14(11-13)21(19,20)17-15-9-2-1-5-12(15)6-4-10-18/h1-3,5,7-9,11,17-18H,10H2. The second kappa shape index (κ2) is 6.39. The van der Waals surface area contributed by atoms with Gasteiger partial charge < -0.3 is 5.11 Å². The first-order valence-electron chi connectivity index (χ1n) is 6.00. The Morgan fingerprint density at radius 2 is 1.90 bits per heavy atom. The molecule has 2 rings (SSSR count). The van der Waals surface area contributed by atoms with E-state index in [1.165, 1.54) is 24.3 Å². The van der Waals surface area contributed by atoms with Crippen LogP contribution in [0.5, 0.6) is 0 Å². The fourth-order valence-corrected chi connectivity index (χ4v) is 2.76. The molecule has 0 amide bonds. The second-order valence-corrected chi connectivity index (χ2v) is 5.75. The molecular weight excluding hydrogens is 293 g/mol. The summed E-state index contributed by atoms with van der Waals surface area (Å²) in [4.78, 5) is -0.174. The number of anilines is 1. The van der Waals surface area contributed by atoms with Gasteiger partial charge in [-0.05, 0) is 30.3 Å². The van der Waals surface area contributed by atoms with E-state index in [2.05, 4.69) is 16.6 Å². The van der Waals surface area contributed by atoms with Crippen molar-refractivity contribution in [3.8, 4) is 11.8 Å². The summed E-state index contributed by atoms with van der Waals surface area (Å²) < 4.78 is 39.9. The van der Waals surface area contributed by atoms with Crippen molar-refractivity contribution in [2.75, 3.05) is 11.3 Å². The number of hydrogen-bond acceptors (Lipinski definition) is 3. The van der Waals surface area contributed by atoms with Gasteiger partial charge in [-0.2, -0.15) is 0 Å². The molecule has 0 unspecified atom stereocenters. The predicted octanol–water partition coefficient (Wildman–Crippen LogP) is 1.97. The highest BCUT2D eigenvalue weighted by Gasteiger charge is 2.16. The van der Waals surface area contributed by atoms with E-state index in [1.807, 2.05) is 0 Å².